The summed E-state index contributed by atoms with van der Waals surface area (Å²) in [4.78, 5) is 11.3. The molecule has 0 fully saturated rings. The van der Waals surface area contributed by atoms with Crippen molar-refractivity contribution >= 4 is 5.97 Å². The van der Waals surface area contributed by atoms with Gasteiger partial charge in [-0.3, -0.25) is 4.79 Å². The van der Waals surface area contributed by atoms with Crippen LogP contribution in [0.1, 0.15) is 48.6 Å². The lowest BCUT2D eigenvalue weighted by atomic mass is 9.96. The molecule has 88 valence electrons. The van der Waals surface area contributed by atoms with Crippen molar-refractivity contribution in [1.82, 2.24) is 0 Å². The predicted molar refractivity (Wildman–Crippen MR) is 65.5 cm³/mol. The van der Waals surface area contributed by atoms with Crippen molar-refractivity contribution in [3.63, 3.8) is 0 Å². The highest BCUT2D eigenvalue weighted by Crippen LogP contribution is 2.26. The number of benzene rings is 1. The molecule has 0 saturated heterocycles. The number of hydrogen-bond donors (Lipinski definition) is 0. The molecule has 0 saturated carbocycles. The van der Waals surface area contributed by atoms with E-state index in [0.717, 1.165) is 5.56 Å². The summed E-state index contributed by atoms with van der Waals surface area (Å²) in [6.45, 7) is 9.94. The standard InChI is InChI=1S/C14H20O2/c1-6-13(15)16-12(5)14-10(3)7-9(2)8-11(14)4/h7-8,12H,6H2,1-5H3/t12-/m1/s1. The second kappa shape index (κ2) is 5.15. The fourth-order valence-electron chi connectivity index (χ4n) is 2.17. The number of carbonyl (C=O) groups is 1. The van der Waals surface area contributed by atoms with Gasteiger partial charge >= 0.3 is 5.97 Å². The van der Waals surface area contributed by atoms with E-state index in [1.165, 1.54) is 16.7 Å². The van der Waals surface area contributed by atoms with E-state index in [4.69, 9.17) is 4.74 Å². The van der Waals surface area contributed by atoms with Gasteiger partial charge in [0.05, 0.1) is 0 Å². The van der Waals surface area contributed by atoms with Crippen molar-refractivity contribution in [3.8, 4) is 0 Å². The lowest BCUT2D eigenvalue weighted by Gasteiger charge is -2.18. The normalized spacial score (nSPS) is 12.3. The number of carbonyl (C=O) groups excluding carboxylic acids is 1. The van der Waals surface area contributed by atoms with Crippen LogP contribution in [0.3, 0.4) is 0 Å². The third-order valence-electron chi connectivity index (χ3n) is 2.74. The summed E-state index contributed by atoms with van der Waals surface area (Å²) in [5.41, 5.74) is 4.75. The van der Waals surface area contributed by atoms with E-state index in [1.54, 1.807) is 0 Å². The van der Waals surface area contributed by atoms with E-state index in [1.807, 2.05) is 13.8 Å². The zero-order valence-corrected chi connectivity index (χ0v) is 10.8. The molecule has 0 aliphatic carbocycles. The summed E-state index contributed by atoms with van der Waals surface area (Å²) in [6.07, 6.45) is 0.266. The third-order valence-corrected chi connectivity index (χ3v) is 2.74. The number of rotatable bonds is 3. The molecule has 0 amide bonds. The van der Waals surface area contributed by atoms with Gasteiger partial charge in [-0.05, 0) is 44.4 Å². The van der Waals surface area contributed by atoms with Crippen molar-refractivity contribution in [1.29, 1.82) is 0 Å². The molecule has 1 rings (SSSR count). The number of hydrogen-bond acceptors (Lipinski definition) is 2. The maximum atomic E-state index is 11.3. The molecular formula is C14H20O2. The predicted octanol–water partition coefficient (Wildman–Crippen LogP) is 3.63. The first-order valence-corrected chi connectivity index (χ1v) is 5.73. The van der Waals surface area contributed by atoms with Crippen LogP contribution in [0, 0.1) is 20.8 Å². The van der Waals surface area contributed by atoms with Gasteiger partial charge in [0.2, 0.25) is 0 Å². The minimum atomic E-state index is -0.159. The highest BCUT2D eigenvalue weighted by molar-refractivity contribution is 5.69. The van der Waals surface area contributed by atoms with E-state index in [0.29, 0.717) is 6.42 Å². The minimum absolute atomic E-state index is 0.146. The van der Waals surface area contributed by atoms with Crippen LogP contribution in [0.4, 0.5) is 0 Å². The number of esters is 1. The summed E-state index contributed by atoms with van der Waals surface area (Å²) in [5.74, 6) is -0.146. The van der Waals surface area contributed by atoms with Crippen LogP contribution in [0.5, 0.6) is 0 Å². The van der Waals surface area contributed by atoms with E-state index in [-0.39, 0.29) is 12.1 Å². The molecule has 0 radical (unpaired) electrons. The van der Waals surface area contributed by atoms with Crippen LogP contribution in [-0.2, 0) is 9.53 Å². The summed E-state index contributed by atoms with van der Waals surface area (Å²) >= 11 is 0. The smallest absolute Gasteiger partial charge is 0.306 e. The maximum absolute atomic E-state index is 11.3. The average molecular weight is 220 g/mol. The molecule has 0 unspecified atom stereocenters. The molecule has 0 heterocycles. The zero-order chi connectivity index (χ0) is 12.3. The van der Waals surface area contributed by atoms with Crippen LogP contribution < -0.4 is 0 Å². The Hall–Kier alpha value is -1.31. The summed E-state index contributed by atoms with van der Waals surface area (Å²) in [5, 5.41) is 0. The van der Waals surface area contributed by atoms with Gasteiger partial charge in [0.15, 0.2) is 0 Å². The van der Waals surface area contributed by atoms with Crippen molar-refractivity contribution in [2.75, 3.05) is 0 Å². The second-order valence-electron chi connectivity index (χ2n) is 4.30. The summed E-state index contributed by atoms with van der Waals surface area (Å²) < 4.78 is 5.35. The molecule has 1 aromatic carbocycles. The Kier molecular flexibility index (Phi) is 4.11. The van der Waals surface area contributed by atoms with Crippen molar-refractivity contribution in [2.45, 2.75) is 47.1 Å². The first kappa shape index (κ1) is 12.8. The van der Waals surface area contributed by atoms with Gasteiger partial charge in [0.1, 0.15) is 6.10 Å². The van der Waals surface area contributed by atoms with E-state index >= 15 is 0 Å². The van der Waals surface area contributed by atoms with E-state index < -0.39 is 0 Å². The lowest BCUT2D eigenvalue weighted by Crippen LogP contribution is -2.10. The molecule has 0 bridgehead atoms. The SMILES string of the molecule is CCC(=O)O[C@H](C)c1c(C)cc(C)cc1C. The van der Waals surface area contributed by atoms with Gasteiger partial charge in [0, 0.05) is 6.42 Å². The minimum Gasteiger partial charge on any atom is -0.458 e. The molecule has 1 atom stereocenters. The largest absolute Gasteiger partial charge is 0.458 e. The fraction of sp³-hybridized carbons (Fsp3) is 0.500. The Bertz CT molecular complexity index is 371. The molecule has 0 N–H and O–H groups in total. The Morgan fingerprint density at radius 2 is 1.75 bits per heavy atom. The quantitative estimate of drug-likeness (QED) is 0.727. The summed E-state index contributed by atoms with van der Waals surface area (Å²) in [7, 11) is 0. The van der Waals surface area contributed by atoms with Gasteiger partial charge < -0.3 is 4.74 Å². The molecule has 2 heteroatoms. The van der Waals surface area contributed by atoms with Gasteiger partial charge in [0.25, 0.3) is 0 Å². The Balaban J connectivity index is 2.99. The van der Waals surface area contributed by atoms with Crippen LogP contribution in [0.25, 0.3) is 0 Å². The topological polar surface area (TPSA) is 26.3 Å². The second-order valence-corrected chi connectivity index (χ2v) is 4.30. The monoisotopic (exact) mass is 220 g/mol. The van der Waals surface area contributed by atoms with Crippen LogP contribution in [-0.4, -0.2) is 5.97 Å². The van der Waals surface area contributed by atoms with Crippen molar-refractivity contribution < 1.29 is 9.53 Å². The van der Waals surface area contributed by atoms with Crippen LogP contribution >= 0.6 is 0 Å². The molecule has 0 spiro atoms. The van der Waals surface area contributed by atoms with E-state index in [2.05, 4.69) is 32.9 Å². The molecule has 16 heavy (non-hydrogen) atoms. The van der Waals surface area contributed by atoms with E-state index in [9.17, 15) is 4.79 Å². The zero-order valence-electron chi connectivity index (χ0n) is 10.8. The highest BCUT2D eigenvalue weighted by Gasteiger charge is 2.15. The molecular weight excluding hydrogens is 200 g/mol. The van der Waals surface area contributed by atoms with Gasteiger partial charge in [-0.25, -0.2) is 0 Å². The molecule has 0 aliphatic rings. The first-order chi connectivity index (χ1) is 7.45. The average Bonchev–Trinajstić information content (AvgIpc) is 2.15. The van der Waals surface area contributed by atoms with Gasteiger partial charge in [-0.2, -0.15) is 0 Å². The highest BCUT2D eigenvalue weighted by atomic mass is 16.5. The van der Waals surface area contributed by atoms with Crippen molar-refractivity contribution in [2.24, 2.45) is 0 Å². The Morgan fingerprint density at radius 1 is 1.25 bits per heavy atom. The molecule has 0 aliphatic heterocycles. The first-order valence-electron chi connectivity index (χ1n) is 5.73. The van der Waals surface area contributed by atoms with Crippen molar-refractivity contribution in [3.05, 3.63) is 34.4 Å². The molecule has 0 aromatic heterocycles. The molecule has 1 aromatic rings. The summed E-state index contributed by atoms with van der Waals surface area (Å²) in [6, 6.07) is 4.25. The lowest BCUT2D eigenvalue weighted by molar-refractivity contribution is -0.148. The van der Waals surface area contributed by atoms with Crippen LogP contribution in [0.2, 0.25) is 0 Å². The number of ether oxygens (including phenoxy) is 1. The molecule has 2 nitrogen and oxygen atoms in total. The van der Waals surface area contributed by atoms with Gasteiger partial charge in [-0.1, -0.05) is 24.6 Å². The number of aryl methyl sites for hydroxylation is 3. The van der Waals surface area contributed by atoms with Gasteiger partial charge in [-0.15, -0.1) is 0 Å². The van der Waals surface area contributed by atoms with Crippen LogP contribution in [0.15, 0.2) is 12.1 Å². The maximum Gasteiger partial charge on any atom is 0.306 e. The third kappa shape index (κ3) is 2.84. The Labute approximate surface area is 97.6 Å². The Morgan fingerprint density at radius 3 is 2.19 bits per heavy atom. The fourth-order valence-corrected chi connectivity index (χ4v) is 2.17.